The largest absolute Gasteiger partial charge is 0.395 e. The minimum Gasteiger partial charge on any atom is -0.395 e. The molecule has 2 aliphatic rings. The highest BCUT2D eigenvalue weighted by atomic mass is 16.3. The van der Waals surface area contributed by atoms with Crippen LogP contribution in [0.15, 0.2) is 0 Å². The van der Waals surface area contributed by atoms with Crippen molar-refractivity contribution in [2.45, 2.75) is 18.9 Å². The molecule has 6 heteroatoms. The topological polar surface area (TPSA) is 72.9 Å². The van der Waals surface area contributed by atoms with Crippen LogP contribution in [0.25, 0.3) is 0 Å². The molecule has 6 nitrogen and oxygen atoms in total. The summed E-state index contributed by atoms with van der Waals surface area (Å²) in [6.07, 6.45) is 2.31. The summed E-state index contributed by atoms with van der Waals surface area (Å²) in [5.41, 5.74) is 0. The molecule has 2 fully saturated rings. The van der Waals surface area contributed by atoms with Gasteiger partial charge in [-0.05, 0) is 12.8 Å². The second kappa shape index (κ2) is 4.80. The van der Waals surface area contributed by atoms with Crippen LogP contribution in [0.4, 0.5) is 4.79 Å². The van der Waals surface area contributed by atoms with Crippen LogP contribution in [0.1, 0.15) is 12.8 Å². The minimum atomic E-state index is -0.301. The first-order chi connectivity index (χ1) is 7.72. The number of aliphatic hydroxyl groups is 1. The number of carbonyl (C=O) groups excluding carboxylic acids is 2. The number of hydrogen-bond donors (Lipinski definition) is 2. The van der Waals surface area contributed by atoms with E-state index in [4.69, 9.17) is 5.11 Å². The van der Waals surface area contributed by atoms with Crippen LogP contribution >= 0.6 is 0 Å². The van der Waals surface area contributed by atoms with Gasteiger partial charge in [0.05, 0.1) is 13.2 Å². The molecule has 0 bridgehead atoms. The Morgan fingerprint density at radius 1 is 1.38 bits per heavy atom. The van der Waals surface area contributed by atoms with E-state index in [0.29, 0.717) is 25.7 Å². The SMILES string of the molecule is O=C1CNC(=O)N1CCN(CCO)C1CC1. The first-order valence-corrected chi connectivity index (χ1v) is 5.65. The second-order valence-corrected chi connectivity index (χ2v) is 4.19. The van der Waals surface area contributed by atoms with Gasteiger partial charge in [0.1, 0.15) is 0 Å². The number of aliphatic hydroxyl groups excluding tert-OH is 1. The lowest BCUT2D eigenvalue weighted by molar-refractivity contribution is -0.125. The highest BCUT2D eigenvalue weighted by Crippen LogP contribution is 2.26. The Kier molecular flexibility index (Phi) is 3.40. The van der Waals surface area contributed by atoms with Crippen LogP contribution < -0.4 is 5.32 Å². The Bertz CT molecular complexity index is 275. The van der Waals surface area contributed by atoms with Gasteiger partial charge < -0.3 is 10.4 Å². The lowest BCUT2D eigenvalue weighted by Crippen LogP contribution is -2.40. The maximum atomic E-state index is 11.3. The number of hydrogen-bond acceptors (Lipinski definition) is 4. The number of urea groups is 1. The standard InChI is InChI=1S/C10H17N3O3/c14-6-5-12(8-1-2-8)3-4-13-9(15)7-11-10(13)16/h8,14H,1-7H2,(H,11,16). The molecular weight excluding hydrogens is 210 g/mol. The summed E-state index contributed by atoms with van der Waals surface area (Å²) in [4.78, 5) is 26.0. The third-order valence-corrected chi connectivity index (χ3v) is 3.00. The molecule has 0 aromatic heterocycles. The van der Waals surface area contributed by atoms with Gasteiger partial charge in [0, 0.05) is 25.7 Å². The van der Waals surface area contributed by atoms with Crippen molar-refractivity contribution in [2.24, 2.45) is 0 Å². The van der Waals surface area contributed by atoms with Crippen LogP contribution in [0, 0.1) is 0 Å². The lowest BCUT2D eigenvalue weighted by atomic mass is 10.4. The van der Waals surface area contributed by atoms with E-state index in [9.17, 15) is 9.59 Å². The zero-order valence-electron chi connectivity index (χ0n) is 9.19. The molecule has 1 saturated carbocycles. The van der Waals surface area contributed by atoms with Crippen LogP contribution in [-0.4, -0.2) is 65.7 Å². The average molecular weight is 227 g/mol. The molecular formula is C10H17N3O3. The number of nitrogens with one attached hydrogen (secondary N) is 1. The van der Waals surface area contributed by atoms with Crippen LogP contribution in [0.3, 0.4) is 0 Å². The highest BCUT2D eigenvalue weighted by Gasteiger charge is 2.32. The molecule has 90 valence electrons. The van der Waals surface area contributed by atoms with Crippen LogP contribution in [0.2, 0.25) is 0 Å². The van der Waals surface area contributed by atoms with Crippen molar-refractivity contribution in [1.29, 1.82) is 0 Å². The average Bonchev–Trinajstić information content (AvgIpc) is 3.04. The summed E-state index contributed by atoms with van der Waals surface area (Å²) in [5.74, 6) is -0.162. The van der Waals surface area contributed by atoms with E-state index >= 15 is 0 Å². The monoisotopic (exact) mass is 227 g/mol. The second-order valence-electron chi connectivity index (χ2n) is 4.19. The summed E-state index contributed by atoms with van der Waals surface area (Å²) in [7, 11) is 0. The molecule has 1 aliphatic heterocycles. The fraction of sp³-hybridized carbons (Fsp3) is 0.800. The molecule has 0 aromatic carbocycles. The Balaban J connectivity index is 1.80. The Labute approximate surface area is 94.2 Å². The van der Waals surface area contributed by atoms with E-state index in [1.165, 1.54) is 4.90 Å². The van der Waals surface area contributed by atoms with Gasteiger partial charge in [-0.2, -0.15) is 0 Å². The maximum absolute atomic E-state index is 11.3. The predicted molar refractivity (Wildman–Crippen MR) is 56.8 cm³/mol. The highest BCUT2D eigenvalue weighted by molar-refractivity contribution is 6.01. The van der Waals surface area contributed by atoms with Gasteiger partial charge in [-0.15, -0.1) is 0 Å². The van der Waals surface area contributed by atoms with E-state index in [1.807, 2.05) is 0 Å². The van der Waals surface area contributed by atoms with Crippen molar-refractivity contribution in [3.05, 3.63) is 0 Å². The van der Waals surface area contributed by atoms with Gasteiger partial charge in [0.25, 0.3) is 0 Å². The zero-order valence-corrected chi connectivity index (χ0v) is 9.19. The fourth-order valence-electron chi connectivity index (χ4n) is 1.96. The van der Waals surface area contributed by atoms with Crippen molar-refractivity contribution in [1.82, 2.24) is 15.1 Å². The molecule has 1 heterocycles. The molecule has 0 aromatic rings. The number of imide groups is 1. The molecule has 16 heavy (non-hydrogen) atoms. The van der Waals surface area contributed by atoms with Crippen LogP contribution in [0.5, 0.6) is 0 Å². The summed E-state index contributed by atoms with van der Waals surface area (Å²) in [6.45, 7) is 1.93. The number of rotatable bonds is 6. The van der Waals surface area contributed by atoms with Crippen molar-refractivity contribution >= 4 is 11.9 Å². The van der Waals surface area contributed by atoms with Crippen LogP contribution in [-0.2, 0) is 4.79 Å². The summed E-state index contributed by atoms with van der Waals surface area (Å²) < 4.78 is 0. The normalized spacial score (nSPS) is 20.8. The Hall–Kier alpha value is -1.14. The third kappa shape index (κ3) is 2.51. The van der Waals surface area contributed by atoms with Crippen molar-refractivity contribution < 1.29 is 14.7 Å². The van der Waals surface area contributed by atoms with E-state index in [2.05, 4.69) is 10.2 Å². The quantitative estimate of drug-likeness (QED) is 0.571. The van der Waals surface area contributed by atoms with Gasteiger partial charge in [-0.3, -0.25) is 14.6 Å². The first-order valence-electron chi connectivity index (χ1n) is 5.65. The number of amides is 3. The molecule has 2 N–H and O–H groups in total. The maximum Gasteiger partial charge on any atom is 0.324 e. The van der Waals surface area contributed by atoms with Crippen molar-refractivity contribution in [3.8, 4) is 0 Å². The molecule has 0 spiro atoms. The lowest BCUT2D eigenvalue weighted by Gasteiger charge is -2.23. The van der Waals surface area contributed by atoms with Gasteiger partial charge in [0.15, 0.2) is 0 Å². The van der Waals surface area contributed by atoms with Crippen molar-refractivity contribution in [2.75, 3.05) is 32.8 Å². The fourth-order valence-corrected chi connectivity index (χ4v) is 1.96. The van der Waals surface area contributed by atoms with Gasteiger partial charge in [-0.1, -0.05) is 0 Å². The molecule has 0 radical (unpaired) electrons. The molecule has 1 saturated heterocycles. The Morgan fingerprint density at radius 3 is 2.62 bits per heavy atom. The molecule has 0 unspecified atom stereocenters. The van der Waals surface area contributed by atoms with Gasteiger partial charge in [-0.25, -0.2) is 4.79 Å². The molecule has 3 amide bonds. The number of carbonyl (C=O) groups is 2. The first kappa shape index (κ1) is 11.3. The third-order valence-electron chi connectivity index (χ3n) is 3.00. The van der Waals surface area contributed by atoms with E-state index in [0.717, 1.165) is 12.8 Å². The number of nitrogens with zero attached hydrogens (tertiary/aromatic N) is 2. The summed E-state index contributed by atoms with van der Waals surface area (Å²) >= 11 is 0. The predicted octanol–water partition coefficient (Wildman–Crippen LogP) is -1.01. The molecule has 1 aliphatic carbocycles. The zero-order chi connectivity index (χ0) is 11.5. The van der Waals surface area contributed by atoms with E-state index in [1.54, 1.807) is 0 Å². The van der Waals surface area contributed by atoms with E-state index < -0.39 is 0 Å². The summed E-state index contributed by atoms with van der Waals surface area (Å²) in [5, 5.41) is 11.4. The molecule has 2 rings (SSSR count). The minimum absolute atomic E-state index is 0.113. The van der Waals surface area contributed by atoms with Crippen molar-refractivity contribution in [3.63, 3.8) is 0 Å². The summed E-state index contributed by atoms with van der Waals surface area (Å²) in [6, 6.07) is 0.234. The van der Waals surface area contributed by atoms with E-state index in [-0.39, 0.29) is 25.1 Å². The Morgan fingerprint density at radius 2 is 2.12 bits per heavy atom. The smallest absolute Gasteiger partial charge is 0.324 e. The van der Waals surface area contributed by atoms with Gasteiger partial charge >= 0.3 is 6.03 Å². The molecule has 0 atom stereocenters. The van der Waals surface area contributed by atoms with Gasteiger partial charge in [0.2, 0.25) is 5.91 Å².